The second-order valence-electron chi connectivity index (χ2n) is 8.62. The lowest BCUT2D eigenvalue weighted by Gasteiger charge is -2.24. The molecular weight excluding hydrogens is 452 g/mol. The first-order valence-electron chi connectivity index (χ1n) is 11.8. The summed E-state index contributed by atoms with van der Waals surface area (Å²) in [4.78, 5) is 13.8. The van der Waals surface area contributed by atoms with Crippen LogP contribution < -0.4 is 20.1 Å². The van der Waals surface area contributed by atoms with Gasteiger partial charge in [0.1, 0.15) is 5.75 Å². The summed E-state index contributed by atoms with van der Waals surface area (Å²) in [5.41, 5.74) is 3.63. The van der Waals surface area contributed by atoms with Crippen molar-refractivity contribution < 1.29 is 17.9 Å². The molecule has 1 saturated heterocycles. The van der Waals surface area contributed by atoms with E-state index in [9.17, 15) is 13.2 Å². The molecule has 0 aromatic heterocycles. The molecule has 2 aliphatic rings. The largest absolute Gasteiger partial charge is 0.482 e. The van der Waals surface area contributed by atoms with Gasteiger partial charge in [-0.2, -0.15) is 0 Å². The number of likely N-dealkylation sites (N-methyl/N-ethyl adjacent to an activating group) is 1. The first-order chi connectivity index (χ1) is 16.4. The Kier molecular flexibility index (Phi) is 9.59. The zero-order chi connectivity index (χ0) is 24.4. The summed E-state index contributed by atoms with van der Waals surface area (Å²) in [5, 5.41) is 5.69. The zero-order valence-electron chi connectivity index (χ0n) is 20.1. The van der Waals surface area contributed by atoms with Crippen LogP contribution in [-0.4, -0.2) is 65.3 Å². The summed E-state index contributed by atoms with van der Waals surface area (Å²) < 4.78 is 30.8. The molecule has 34 heavy (non-hydrogen) atoms. The van der Waals surface area contributed by atoms with Gasteiger partial charge in [-0.1, -0.05) is 30.3 Å². The highest BCUT2D eigenvalue weighted by molar-refractivity contribution is 7.92. The fourth-order valence-electron chi connectivity index (χ4n) is 4.13. The van der Waals surface area contributed by atoms with Crippen molar-refractivity contribution >= 4 is 27.3 Å². The molecule has 0 spiro atoms. The normalized spacial score (nSPS) is 15.4. The van der Waals surface area contributed by atoms with Crippen LogP contribution in [0.4, 0.5) is 11.4 Å². The van der Waals surface area contributed by atoms with Crippen LogP contribution in [0.2, 0.25) is 0 Å². The number of sulfonamides is 1. The molecule has 0 atom stereocenters. The number of anilines is 2. The monoisotopic (exact) mass is 488 g/mol. The number of likely N-dealkylation sites (tertiary alicyclic amines) is 1. The van der Waals surface area contributed by atoms with E-state index < -0.39 is 10.0 Å². The van der Waals surface area contributed by atoms with Gasteiger partial charge in [-0.15, -0.1) is 0 Å². The molecule has 2 aromatic rings. The van der Waals surface area contributed by atoms with Crippen LogP contribution in [-0.2, 0) is 27.7 Å². The Morgan fingerprint density at radius 3 is 2.50 bits per heavy atom. The SMILES string of the molecule is CNC(=O)COc1ccc(NS(C)(=O)=O)c2c1NCCC2.c1ccc(CCN2CCCC2)cc1. The van der Waals surface area contributed by atoms with Crippen LogP contribution in [0.3, 0.4) is 0 Å². The Morgan fingerprint density at radius 2 is 1.82 bits per heavy atom. The lowest BCUT2D eigenvalue weighted by Crippen LogP contribution is -2.25. The number of fused-ring (bicyclic) bond motifs is 1. The van der Waals surface area contributed by atoms with Crippen molar-refractivity contribution in [3.63, 3.8) is 0 Å². The van der Waals surface area contributed by atoms with Gasteiger partial charge in [0, 0.05) is 25.7 Å². The highest BCUT2D eigenvalue weighted by Gasteiger charge is 2.19. The van der Waals surface area contributed by atoms with Gasteiger partial charge in [-0.05, 0) is 62.9 Å². The molecule has 0 bridgehead atoms. The van der Waals surface area contributed by atoms with E-state index in [0.717, 1.165) is 36.9 Å². The molecule has 9 heteroatoms. The third-order valence-corrected chi connectivity index (χ3v) is 6.46. The third kappa shape index (κ3) is 8.22. The number of benzene rings is 2. The molecule has 2 aromatic carbocycles. The number of ether oxygens (including phenoxy) is 1. The average molecular weight is 489 g/mol. The van der Waals surface area contributed by atoms with Gasteiger partial charge in [0.25, 0.3) is 5.91 Å². The average Bonchev–Trinajstić information content (AvgIpc) is 3.36. The van der Waals surface area contributed by atoms with E-state index in [4.69, 9.17) is 4.74 Å². The minimum atomic E-state index is -3.34. The smallest absolute Gasteiger partial charge is 0.257 e. The minimum absolute atomic E-state index is 0.0799. The first kappa shape index (κ1) is 25.8. The van der Waals surface area contributed by atoms with Crippen molar-refractivity contribution in [2.75, 3.05) is 56.1 Å². The van der Waals surface area contributed by atoms with E-state index in [1.165, 1.54) is 44.5 Å². The number of nitrogens with zero attached hydrogens (tertiary/aromatic N) is 1. The van der Waals surface area contributed by atoms with Gasteiger partial charge in [0.15, 0.2) is 6.61 Å². The summed E-state index contributed by atoms with van der Waals surface area (Å²) >= 11 is 0. The molecular formula is C25H36N4O4S. The van der Waals surface area contributed by atoms with Crippen LogP contribution in [0.15, 0.2) is 42.5 Å². The Hall–Kier alpha value is -2.78. The molecule has 2 heterocycles. The van der Waals surface area contributed by atoms with E-state index in [1.54, 1.807) is 19.2 Å². The predicted octanol–water partition coefficient (Wildman–Crippen LogP) is 2.87. The Labute approximate surface area is 203 Å². The van der Waals surface area contributed by atoms with Gasteiger partial charge in [-0.3, -0.25) is 9.52 Å². The van der Waals surface area contributed by atoms with Gasteiger partial charge in [0.05, 0.1) is 17.6 Å². The van der Waals surface area contributed by atoms with E-state index in [1.807, 2.05) is 0 Å². The first-order valence-corrected chi connectivity index (χ1v) is 13.7. The number of amides is 1. The second kappa shape index (κ2) is 12.6. The number of nitrogens with one attached hydrogen (secondary N) is 3. The standard InChI is InChI=1S/C13H19N3O4S.C12H17N/c1-14-12(17)8-20-11-6-5-10(16-21(2,18)19)9-4-3-7-15-13(9)11;1-2-6-12(7-3-1)8-11-13-9-4-5-10-13/h5-6,15-16H,3-4,7-8H2,1-2H3,(H,14,17);1-3,6-7H,4-5,8-11H2. The number of carbonyl (C=O) groups is 1. The lowest BCUT2D eigenvalue weighted by atomic mass is 10.0. The molecule has 0 unspecified atom stereocenters. The molecule has 0 saturated carbocycles. The molecule has 186 valence electrons. The molecule has 3 N–H and O–H groups in total. The third-order valence-electron chi connectivity index (χ3n) is 5.87. The van der Waals surface area contributed by atoms with Crippen molar-refractivity contribution in [3.8, 4) is 5.75 Å². The highest BCUT2D eigenvalue weighted by Crippen LogP contribution is 2.37. The van der Waals surface area contributed by atoms with Crippen LogP contribution in [0, 0.1) is 0 Å². The van der Waals surface area contributed by atoms with E-state index in [-0.39, 0.29) is 12.5 Å². The summed E-state index contributed by atoms with van der Waals surface area (Å²) in [6.07, 6.45) is 6.78. The van der Waals surface area contributed by atoms with Crippen LogP contribution in [0.25, 0.3) is 0 Å². The number of hydrogen-bond donors (Lipinski definition) is 3. The Balaban J connectivity index is 0.000000212. The molecule has 0 aliphatic carbocycles. The summed E-state index contributed by atoms with van der Waals surface area (Å²) in [5.74, 6) is 0.324. The van der Waals surface area contributed by atoms with Crippen LogP contribution >= 0.6 is 0 Å². The fourth-order valence-corrected chi connectivity index (χ4v) is 4.72. The number of carbonyl (C=O) groups excluding carboxylic acids is 1. The maximum Gasteiger partial charge on any atom is 0.257 e. The molecule has 1 fully saturated rings. The van der Waals surface area contributed by atoms with Gasteiger partial charge in [0.2, 0.25) is 10.0 Å². The predicted molar refractivity (Wildman–Crippen MR) is 137 cm³/mol. The highest BCUT2D eigenvalue weighted by atomic mass is 32.2. The van der Waals surface area contributed by atoms with Gasteiger partial charge < -0.3 is 20.3 Å². The van der Waals surface area contributed by atoms with Crippen LogP contribution in [0.1, 0.15) is 30.4 Å². The van der Waals surface area contributed by atoms with E-state index >= 15 is 0 Å². The fraction of sp³-hybridized carbons (Fsp3) is 0.480. The Bertz CT molecular complexity index is 1040. The maximum absolute atomic E-state index is 11.4. The van der Waals surface area contributed by atoms with Crippen molar-refractivity contribution in [3.05, 3.63) is 53.6 Å². The quantitative estimate of drug-likeness (QED) is 0.528. The lowest BCUT2D eigenvalue weighted by molar-refractivity contribution is -0.122. The topological polar surface area (TPSA) is 99.8 Å². The van der Waals surface area contributed by atoms with Gasteiger partial charge >= 0.3 is 0 Å². The van der Waals surface area contributed by atoms with Crippen LogP contribution in [0.5, 0.6) is 5.75 Å². The summed E-state index contributed by atoms with van der Waals surface area (Å²) in [6, 6.07) is 14.1. The van der Waals surface area contributed by atoms with E-state index in [2.05, 4.69) is 50.6 Å². The van der Waals surface area contributed by atoms with Crippen molar-refractivity contribution in [2.45, 2.75) is 32.1 Å². The summed E-state index contributed by atoms with van der Waals surface area (Å²) in [6.45, 7) is 4.57. The molecule has 8 nitrogen and oxygen atoms in total. The molecule has 4 rings (SSSR count). The maximum atomic E-state index is 11.4. The Morgan fingerprint density at radius 1 is 1.09 bits per heavy atom. The molecule has 0 radical (unpaired) electrons. The van der Waals surface area contributed by atoms with E-state index in [0.29, 0.717) is 11.4 Å². The van der Waals surface area contributed by atoms with Gasteiger partial charge in [-0.25, -0.2) is 8.42 Å². The molecule has 1 amide bonds. The second-order valence-corrected chi connectivity index (χ2v) is 10.4. The minimum Gasteiger partial charge on any atom is -0.482 e. The van der Waals surface area contributed by atoms with Crippen molar-refractivity contribution in [1.29, 1.82) is 0 Å². The zero-order valence-corrected chi connectivity index (χ0v) is 20.9. The number of hydrogen-bond acceptors (Lipinski definition) is 6. The number of rotatable bonds is 8. The van der Waals surface area contributed by atoms with Crippen molar-refractivity contribution in [2.24, 2.45) is 0 Å². The van der Waals surface area contributed by atoms with Crippen molar-refractivity contribution in [1.82, 2.24) is 10.2 Å². The molecule has 2 aliphatic heterocycles. The summed E-state index contributed by atoms with van der Waals surface area (Å²) in [7, 11) is -1.80.